The topological polar surface area (TPSA) is 29.5 Å². The minimum absolute atomic E-state index is 0.0730. The number of carbonyl (C=O) groups excluding carboxylic acids is 1. The molecule has 0 spiro atoms. The third kappa shape index (κ3) is 5.36. The van der Waals surface area contributed by atoms with E-state index in [1.165, 1.54) is 0 Å². The lowest BCUT2D eigenvalue weighted by atomic mass is 10.1. The summed E-state index contributed by atoms with van der Waals surface area (Å²) in [5, 5.41) is 1.28. The number of benzene rings is 1. The molecule has 4 heteroatoms. The zero-order valence-corrected chi connectivity index (χ0v) is 13.9. The summed E-state index contributed by atoms with van der Waals surface area (Å²) in [6, 6.07) is 9.83. The zero-order valence-electron chi connectivity index (χ0n) is 13.1. The van der Waals surface area contributed by atoms with Crippen molar-refractivity contribution in [3.63, 3.8) is 0 Å². The maximum atomic E-state index is 12.1. The fourth-order valence-electron chi connectivity index (χ4n) is 2.77. The number of thioether (sulfide) groups is 1. The highest BCUT2D eigenvalue weighted by Gasteiger charge is 2.25. The van der Waals surface area contributed by atoms with Gasteiger partial charge in [-0.1, -0.05) is 51.1 Å². The van der Waals surface area contributed by atoms with Crippen LogP contribution < -0.4 is 0 Å². The van der Waals surface area contributed by atoms with E-state index in [1.54, 1.807) is 0 Å². The van der Waals surface area contributed by atoms with E-state index in [0.717, 1.165) is 25.2 Å². The van der Waals surface area contributed by atoms with Gasteiger partial charge >= 0.3 is 5.97 Å². The first-order chi connectivity index (χ1) is 10.0. The van der Waals surface area contributed by atoms with Gasteiger partial charge in [0.1, 0.15) is 6.61 Å². The second kappa shape index (κ2) is 7.85. The molecule has 1 fully saturated rings. The first kappa shape index (κ1) is 16.4. The fraction of sp³-hybridized carbons (Fsp3) is 0.588. The Morgan fingerprint density at radius 1 is 1.29 bits per heavy atom. The van der Waals surface area contributed by atoms with Crippen molar-refractivity contribution < 1.29 is 9.53 Å². The molecule has 116 valence electrons. The molecular formula is C17H25NO2S. The fourth-order valence-corrected chi connectivity index (χ4v) is 4.15. The smallest absolute Gasteiger partial charge is 0.310 e. The van der Waals surface area contributed by atoms with Crippen molar-refractivity contribution in [2.75, 3.05) is 19.6 Å². The van der Waals surface area contributed by atoms with Crippen LogP contribution in [0.25, 0.3) is 0 Å². The second-order valence-electron chi connectivity index (χ2n) is 5.97. The van der Waals surface area contributed by atoms with Gasteiger partial charge in [-0.2, -0.15) is 11.8 Å². The quantitative estimate of drug-likeness (QED) is 0.781. The minimum atomic E-state index is -0.0996. The maximum Gasteiger partial charge on any atom is 0.310 e. The zero-order chi connectivity index (χ0) is 15.2. The number of rotatable bonds is 5. The van der Waals surface area contributed by atoms with Gasteiger partial charge in [0.15, 0.2) is 0 Å². The SMILES string of the molecule is CC1CN(CC(C)C(=O)OCc2ccccc2)CC(C)S1. The molecule has 3 nitrogen and oxygen atoms in total. The van der Waals surface area contributed by atoms with Crippen molar-refractivity contribution in [3.8, 4) is 0 Å². The van der Waals surface area contributed by atoms with Crippen LogP contribution in [0, 0.1) is 5.92 Å². The molecule has 0 radical (unpaired) electrons. The second-order valence-corrected chi connectivity index (χ2v) is 7.85. The average Bonchev–Trinajstić information content (AvgIpc) is 2.44. The molecule has 0 saturated carbocycles. The normalized spacial score (nSPS) is 24.5. The number of carbonyl (C=O) groups is 1. The molecule has 3 unspecified atom stereocenters. The average molecular weight is 307 g/mol. The van der Waals surface area contributed by atoms with Crippen LogP contribution in [-0.4, -0.2) is 41.0 Å². The predicted octanol–water partition coefficient (Wildman–Crippen LogP) is 3.19. The monoisotopic (exact) mass is 307 g/mol. The maximum absolute atomic E-state index is 12.1. The molecule has 1 aromatic carbocycles. The van der Waals surface area contributed by atoms with Gasteiger partial charge in [0.25, 0.3) is 0 Å². The third-order valence-corrected chi connectivity index (χ3v) is 4.88. The van der Waals surface area contributed by atoms with Crippen molar-refractivity contribution in [2.45, 2.75) is 37.9 Å². The highest BCUT2D eigenvalue weighted by Crippen LogP contribution is 2.25. The van der Waals surface area contributed by atoms with Crippen LogP contribution in [0.4, 0.5) is 0 Å². The molecular weight excluding hydrogens is 282 g/mol. The Balaban J connectivity index is 1.77. The Morgan fingerprint density at radius 2 is 1.90 bits per heavy atom. The van der Waals surface area contributed by atoms with Gasteiger partial charge in [-0.05, 0) is 5.56 Å². The Bertz CT molecular complexity index is 441. The van der Waals surface area contributed by atoms with Crippen LogP contribution in [0.2, 0.25) is 0 Å². The summed E-state index contributed by atoms with van der Waals surface area (Å²) in [5.74, 6) is -0.173. The van der Waals surface area contributed by atoms with Crippen LogP contribution in [-0.2, 0) is 16.1 Å². The number of ether oxygens (including phenoxy) is 1. The first-order valence-corrected chi connectivity index (χ1v) is 8.57. The number of hydrogen-bond donors (Lipinski definition) is 0. The highest BCUT2D eigenvalue weighted by atomic mass is 32.2. The van der Waals surface area contributed by atoms with Gasteiger partial charge in [-0.3, -0.25) is 4.79 Å². The molecule has 0 aliphatic carbocycles. The van der Waals surface area contributed by atoms with Gasteiger partial charge < -0.3 is 9.64 Å². The van der Waals surface area contributed by atoms with Crippen LogP contribution in [0.1, 0.15) is 26.3 Å². The van der Waals surface area contributed by atoms with E-state index in [0.29, 0.717) is 17.1 Å². The summed E-state index contributed by atoms with van der Waals surface area (Å²) >= 11 is 2.03. The molecule has 1 aliphatic heterocycles. The van der Waals surface area contributed by atoms with Gasteiger partial charge in [-0.15, -0.1) is 0 Å². The van der Waals surface area contributed by atoms with Crippen LogP contribution in [0.3, 0.4) is 0 Å². The highest BCUT2D eigenvalue weighted by molar-refractivity contribution is 8.00. The van der Waals surface area contributed by atoms with Gasteiger partial charge in [0.2, 0.25) is 0 Å². The molecule has 1 heterocycles. The summed E-state index contributed by atoms with van der Waals surface area (Å²) in [7, 11) is 0. The van der Waals surface area contributed by atoms with Crippen molar-refractivity contribution in [3.05, 3.63) is 35.9 Å². The van der Waals surface area contributed by atoms with E-state index in [2.05, 4.69) is 18.7 Å². The van der Waals surface area contributed by atoms with Crippen LogP contribution >= 0.6 is 11.8 Å². The summed E-state index contributed by atoms with van der Waals surface area (Å²) < 4.78 is 5.41. The van der Waals surface area contributed by atoms with E-state index < -0.39 is 0 Å². The van der Waals surface area contributed by atoms with Crippen LogP contribution in [0.15, 0.2) is 30.3 Å². The predicted molar refractivity (Wildman–Crippen MR) is 88.4 cm³/mol. The molecule has 1 saturated heterocycles. The Hall–Kier alpha value is -1.00. The lowest BCUT2D eigenvalue weighted by Crippen LogP contribution is -2.43. The lowest BCUT2D eigenvalue weighted by molar-refractivity contribution is -0.150. The summed E-state index contributed by atoms with van der Waals surface area (Å²) in [4.78, 5) is 14.5. The van der Waals surface area contributed by atoms with E-state index in [4.69, 9.17) is 4.74 Å². The van der Waals surface area contributed by atoms with Crippen LogP contribution in [0.5, 0.6) is 0 Å². The third-order valence-electron chi connectivity index (χ3n) is 3.65. The van der Waals surface area contributed by atoms with Crippen molar-refractivity contribution in [2.24, 2.45) is 5.92 Å². The van der Waals surface area contributed by atoms with Gasteiger partial charge in [-0.25, -0.2) is 0 Å². The summed E-state index contributed by atoms with van der Waals surface area (Å²) in [6.45, 7) is 9.76. The van der Waals surface area contributed by atoms with Crippen molar-refractivity contribution >= 4 is 17.7 Å². The molecule has 0 aromatic heterocycles. The summed E-state index contributed by atoms with van der Waals surface area (Å²) in [5.41, 5.74) is 1.04. The largest absolute Gasteiger partial charge is 0.461 e. The molecule has 0 amide bonds. The number of nitrogens with zero attached hydrogens (tertiary/aromatic N) is 1. The number of hydrogen-bond acceptors (Lipinski definition) is 4. The lowest BCUT2D eigenvalue weighted by Gasteiger charge is -2.35. The molecule has 0 bridgehead atoms. The standard InChI is InChI=1S/C17H25NO2S/c1-13(9-18-10-14(2)21-15(3)11-18)17(19)20-12-16-7-5-4-6-8-16/h4-8,13-15H,9-12H2,1-3H3. The molecule has 1 aliphatic rings. The molecule has 0 N–H and O–H groups in total. The first-order valence-electron chi connectivity index (χ1n) is 7.63. The summed E-state index contributed by atoms with van der Waals surface area (Å²) in [6.07, 6.45) is 0. The Morgan fingerprint density at radius 3 is 2.52 bits per heavy atom. The molecule has 3 atom stereocenters. The van der Waals surface area contributed by atoms with Gasteiger partial charge in [0, 0.05) is 30.1 Å². The molecule has 1 aromatic rings. The minimum Gasteiger partial charge on any atom is -0.461 e. The molecule has 2 rings (SSSR count). The molecule has 21 heavy (non-hydrogen) atoms. The Kier molecular flexibility index (Phi) is 6.12. The van der Waals surface area contributed by atoms with Crippen molar-refractivity contribution in [1.82, 2.24) is 4.90 Å². The van der Waals surface area contributed by atoms with E-state index in [1.807, 2.05) is 49.0 Å². The number of esters is 1. The van der Waals surface area contributed by atoms with Crippen molar-refractivity contribution in [1.29, 1.82) is 0 Å². The van der Waals surface area contributed by atoms with Gasteiger partial charge in [0.05, 0.1) is 5.92 Å². The van der Waals surface area contributed by atoms with E-state index in [-0.39, 0.29) is 11.9 Å². The van der Waals surface area contributed by atoms with E-state index in [9.17, 15) is 4.79 Å². The van der Waals surface area contributed by atoms with E-state index >= 15 is 0 Å². The Labute approximate surface area is 132 Å².